The summed E-state index contributed by atoms with van der Waals surface area (Å²) < 4.78 is 10.6. The maximum Gasteiger partial charge on any atom is 0.287 e. The van der Waals surface area contributed by atoms with Gasteiger partial charge in [0.05, 0.1) is 43.1 Å². The Morgan fingerprint density at radius 1 is 1.31 bits per heavy atom. The van der Waals surface area contributed by atoms with Crippen molar-refractivity contribution in [3.8, 4) is 0 Å². The lowest BCUT2D eigenvalue weighted by molar-refractivity contribution is 0.0113. The van der Waals surface area contributed by atoms with Crippen molar-refractivity contribution in [3.05, 3.63) is 30.1 Å². The third kappa shape index (κ3) is 4.21. The fraction of sp³-hybridized carbons (Fsp3) is 0.556. The molecule has 1 aliphatic carbocycles. The van der Waals surface area contributed by atoms with Gasteiger partial charge >= 0.3 is 0 Å². The van der Waals surface area contributed by atoms with Gasteiger partial charge in [-0.25, -0.2) is 4.98 Å². The number of aliphatic hydroxyl groups excluding tert-OH is 2. The summed E-state index contributed by atoms with van der Waals surface area (Å²) in [7, 11) is 1.59. The molecule has 4 N–H and O–H groups in total. The molecule has 0 saturated heterocycles. The number of nitrogens with one attached hydrogen (secondary N) is 2. The van der Waals surface area contributed by atoms with Crippen molar-refractivity contribution in [1.29, 1.82) is 0 Å². The molecule has 1 heterocycles. The summed E-state index contributed by atoms with van der Waals surface area (Å²) in [6.07, 6.45) is -0.906. The lowest BCUT2D eigenvalue weighted by Crippen LogP contribution is -2.40. The van der Waals surface area contributed by atoms with Crippen LogP contribution < -0.4 is 5.32 Å². The van der Waals surface area contributed by atoms with E-state index in [-0.39, 0.29) is 18.3 Å². The van der Waals surface area contributed by atoms with Crippen molar-refractivity contribution in [1.82, 2.24) is 15.3 Å². The van der Waals surface area contributed by atoms with Crippen LogP contribution in [0, 0.1) is 5.41 Å². The minimum absolute atomic E-state index is 0.237. The second kappa shape index (κ2) is 8.13. The monoisotopic (exact) mass is 363 g/mol. The molecule has 0 spiro atoms. The van der Waals surface area contributed by atoms with Gasteiger partial charge in [0.15, 0.2) is 5.82 Å². The molecular weight excluding hydrogens is 338 g/mol. The second-order valence-electron chi connectivity index (χ2n) is 6.87. The lowest BCUT2D eigenvalue weighted by Gasteiger charge is -2.28. The first-order chi connectivity index (χ1) is 12.5. The molecule has 3 rings (SSSR count). The zero-order valence-corrected chi connectivity index (χ0v) is 14.8. The number of imidazole rings is 1. The van der Waals surface area contributed by atoms with Crippen LogP contribution in [-0.2, 0) is 9.47 Å². The van der Waals surface area contributed by atoms with Crippen LogP contribution in [0.25, 0.3) is 11.0 Å². The number of carbonyl (C=O) groups excluding carboxylic acids is 1. The van der Waals surface area contributed by atoms with E-state index >= 15 is 0 Å². The van der Waals surface area contributed by atoms with Crippen LogP contribution in [0.2, 0.25) is 0 Å². The predicted molar refractivity (Wildman–Crippen MR) is 94.8 cm³/mol. The zero-order chi connectivity index (χ0) is 18.6. The SMILES string of the molecule is COCCOCC1(CNC(=O)c2nc3ccccc3[nH]2)CC(O)C(O)C1. The number of nitrogens with zero attached hydrogens (tertiary/aromatic N) is 1. The quantitative estimate of drug-likeness (QED) is 0.506. The van der Waals surface area contributed by atoms with E-state index in [9.17, 15) is 15.0 Å². The number of aromatic nitrogens is 2. The van der Waals surface area contributed by atoms with Gasteiger partial charge in [0.2, 0.25) is 0 Å². The lowest BCUT2D eigenvalue weighted by atomic mass is 9.86. The average molecular weight is 363 g/mol. The van der Waals surface area contributed by atoms with E-state index in [2.05, 4.69) is 15.3 Å². The molecule has 1 saturated carbocycles. The maximum atomic E-state index is 12.5. The number of methoxy groups -OCH3 is 1. The number of hydrogen-bond donors (Lipinski definition) is 4. The molecule has 1 amide bonds. The Balaban J connectivity index is 1.64. The highest BCUT2D eigenvalue weighted by Gasteiger charge is 2.44. The van der Waals surface area contributed by atoms with Crippen LogP contribution in [0.1, 0.15) is 23.5 Å². The summed E-state index contributed by atoms with van der Waals surface area (Å²) in [5.74, 6) is -0.0888. The molecule has 1 aromatic heterocycles. The number of rotatable bonds is 8. The van der Waals surface area contributed by atoms with Crippen molar-refractivity contribution < 1.29 is 24.5 Å². The molecule has 8 heteroatoms. The Kier molecular flexibility index (Phi) is 5.87. The highest BCUT2D eigenvalue weighted by molar-refractivity contribution is 5.94. The summed E-state index contributed by atoms with van der Waals surface area (Å²) in [5, 5.41) is 22.8. The summed E-state index contributed by atoms with van der Waals surface area (Å²) in [6.45, 7) is 1.49. The molecule has 1 aromatic carbocycles. The fourth-order valence-corrected chi connectivity index (χ4v) is 3.40. The van der Waals surface area contributed by atoms with Crippen molar-refractivity contribution in [2.75, 3.05) is 33.5 Å². The number of ether oxygens (including phenoxy) is 2. The van der Waals surface area contributed by atoms with Gasteiger partial charge in [-0.05, 0) is 25.0 Å². The number of hydrogen-bond acceptors (Lipinski definition) is 6. The van der Waals surface area contributed by atoms with Gasteiger partial charge < -0.3 is 30.0 Å². The highest BCUT2D eigenvalue weighted by Crippen LogP contribution is 2.38. The summed E-state index contributed by atoms with van der Waals surface area (Å²) in [4.78, 5) is 19.7. The molecule has 0 radical (unpaired) electrons. The Morgan fingerprint density at radius 3 is 2.73 bits per heavy atom. The van der Waals surface area contributed by atoms with Crippen LogP contribution in [0.3, 0.4) is 0 Å². The fourth-order valence-electron chi connectivity index (χ4n) is 3.40. The standard InChI is InChI=1S/C18H25N3O5/c1-25-6-7-26-11-18(8-14(22)15(23)9-18)10-19-17(24)16-20-12-4-2-3-5-13(12)21-16/h2-5,14-15,22-23H,6-11H2,1H3,(H,19,24)(H,20,21). The zero-order valence-electron chi connectivity index (χ0n) is 14.8. The van der Waals surface area contributed by atoms with E-state index in [1.165, 1.54) is 0 Å². The Labute approximate surface area is 151 Å². The molecule has 2 unspecified atom stereocenters. The Hall–Kier alpha value is -2.00. The van der Waals surface area contributed by atoms with Crippen LogP contribution in [0.5, 0.6) is 0 Å². The van der Waals surface area contributed by atoms with Gasteiger partial charge in [0.1, 0.15) is 0 Å². The molecule has 1 fully saturated rings. The minimum atomic E-state index is -0.816. The topological polar surface area (TPSA) is 117 Å². The maximum absolute atomic E-state index is 12.5. The van der Waals surface area contributed by atoms with E-state index in [0.29, 0.717) is 32.7 Å². The largest absolute Gasteiger partial charge is 0.390 e. The molecule has 8 nitrogen and oxygen atoms in total. The number of H-pyrrole nitrogens is 1. The Morgan fingerprint density at radius 2 is 2.04 bits per heavy atom. The summed E-state index contributed by atoms with van der Waals surface area (Å²) in [5.41, 5.74) is 0.998. The van der Waals surface area contributed by atoms with E-state index in [4.69, 9.17) is 9.47 Å². The van der Waals surface area contributed by atoms with Crippen molar-refractivity contribution in [3.63, 3.8) is 0 Å². The van der Waals surface area contributed by atoms with Gasteiger partial charge in [-0.1, -0.05) is 12.1 Å². The average Bonchev–Trinajstić information content (AvgIpc) is 3.18. The second-order valence-corrected chi connectivity index (χ2v) is 6.87. The van der Waals surface area contributed by atoms with Crippen molar-refractivity contribution in [2.24, 2.45) is 5.41 Å². The highest BCUT2D eigenvalue weighted by atomic mass is 16.5. The Bertz CT molecular complexity index is 704. The molecule has 0 aliphatic heterocycles. The van der Waals surface area contributed by atoms with E-state index in [0.717, 1.165) is 11.0 Å². The van der Waals surface area contributed by atoms with Crippen LogP contribution in [0.4, 0.5) is 0 Å². The smallest absolute Gasteiger partial charge is 0.287 e. The van der Waals surface area contributed by atoms with Crippen LogP contribution >= 0.6 is 0 Å². The summed E-state index contributed by atoms with van der Waals surface area (Å²) in [6, 6.07) is 7.42. The van der Waals surface area contributed by atoms with Crippen molar-refractivity contribution in [2.45, 2.75) is 25.0 Å². The molecule has 142 valence electrons. The van der Waals surface area contributed by atoms with Gasteiger partial charge in [-0.2, -0.15) is 0 Å². The third-order valence-corrected chi connectivity index (χ3v) is 4.80. The van der Waals surface area contributed by atoms with Crippen LogP contribution in [-0.4, -0.2) is 71.8 Å². The number of aromatic amines is 1. The molecule has 1 aliphatic rings. The van der Waals surface area contributed by atoms with Crippen LogP contribution in [0.15, 0.2) is 24.3 Å². The summed E-state index contributed by atoms with van der Waals surface area (Å²) >= 11 is 0. The van der Waals surface area contributed by atoms with Gasteiger partial charge in [-0.15, -0.1) is 0 Å². The minimum Gasteiger partial charge on any atom is -0.390 e. The van der Waals surface area contributed by atoms with Gasteiger partial charge in [0, 0.05) is 19.1 Å². The number of carbonyl (C=O) groups is 1. The van der Waals surface area contributed by atoms with E-state index in [1.54, 1.807) is 7.11 Å². The van der Waals surface area contributed by atoms with Gasteiger partial charge in [0.25, 0.3) is 5.91 Å². The van der Waals surface area contributed by atoms with Gasteiger partial charge in [-0.3, -0.25) is 4.79 Å². The first kappa shape index (κ1) is 18.8. The number of fused-ring (bicyclic) bond motifs is 1. The number of amides is 1. The number of benzene rings is 1. The predicted octanol–water partition coefficient (Wildman–Crippen LogP) is 0.458. The molecule has 26 heavy (non-hydrogen) atoms. The van der Waals surface area contributed by atoms with E-state index < -0.39 is 17.6 Å². The normalized spacial score (nSPS) is 25.7. The first-order valence-electron chi connectivity index (χ1n) is 8.69. The molecular formula is C18H25N3O5. The number of para-hydroxylation sites is 2. The number of aliphatic hydroxyl groups is 2. The molecule has 2 atom stereocenters. The third-order valence-electron chi connectivity index (χ3n) is 4.80. The first-order valence-corrected chi connectivity index (χ1v) is 8.69. The van der Waals surface area contributed by atoms with Crippen molar-refractivity contribution >= 4 is 16.9 Å². The molecule has 2 aromatic rings. The van der Waals surface area contributed by atoms with E-state index in [1.807, 2.05) is 24.3 Å². The molecule has 0 bridgehead atoms.